The van der Waals surface area contributed by atoms with Crippen LogP contribution in [0.25, 0.3) is 0 Å². The monoisotopic (exact) mass is 372 g/mol. The molecule has 6 heteroatoms. The first kappa shape index (κ1) is 16.1. The van der Waals surface area contributed by atoms with Crippen LogP contribution in [0.15, 0.2) is 51.8 Å². The maximum Gasteiger partial charge on any atom is 0.175 e. The van der Waals surface area contributed by atoms with Gasteiger partial charge in [-0.15, -0.1) is 0 Å². The molecule has 0 aliphatic rings. The van der Waals surface area contributed by atoms with Crippen LogP contribution < -0.4 is 0 Å². The van der Waals surface area contributed by atoms with Crippen molar-refractivity contribution < 1.29 is 17.9 Å². The Bertz CT molecular complexity index is 742. The Labute approximate surface area is 131 Å². The van der Waals surface area contributed by atoms with Gasteiger partial charge < -0.3 is 5.11 Å². The van der Waals surface area contributed by atoms with E-state index >= 15 is 0 Å². The summed E-state index contributed by atoms with van der Waals surface area (Å²) < 4.78 is 36.5. The van der Waals surface area contributed by atoms with Gasteiger partial charge in [-0.2, -0.15) is 0 Å². The molecule has 0 spiro atoms. The number of benzene rings is 2. The highest BCUT2D eigenvalue weighted by Crippen LogP contribution is 2.26. The van der Waals surface area contributed by atoms with E-state index in [1.165, 1.54) is 18.2 Å². The number of aliphatic hydroxyl groups is 1. The van der Waals surface area contributed by atoms with Crippen molar-refractivity contribution in [3.8, 4) is 0 Å². The third kappa shape index (κ3) is 3.90. The lowest BCUT2D eigenvalue weighted by molar-refractivity contribution is 0.178. The summed E-state index contributed by atoms with van der Waals surface area (Å²) in [5.41, 5.74) is 1.23. The first-order valence-corrected chi connectivity index (χ1v) is 8.88. The SMILES string of the molecule is CS(=O)(=O)c1ccc(C(O)Cc2cccc(F)c2Br)cc1. The van der Waals surface area contributed by atoms with Crippen molar-refractivity contribution in [2.45, 2.75) is 17.4 Å². The minimum absolute atomic E-state index is 0.199. The zero-order valence-corrected chi connectivity index (χ0v) is 13.7. The molecule has 2 aromatic carbocycles. The number of aliphatic hydroxyl groups excluding tert-OH is 1. The molecule has 1 N–H and O–H groups in total. The van der Waals surface area contributed by atoms with Gasteiger partial charge in [0.25, 0.3) is 0 Å². The fourth-order valence-corrected chi connectivity index (χ4v) is 3.03. The smallest absolute Gasteiger partial charge is 0.175 e. The van der Waals surface area contributed by atoms with Crippen LogP contribution in [0.2, 0.25) is 0 Å². The van der Waals surface area contributed by atoms with Gasteiger partial charge in [0.05, 0.1) is 15.5 Å². The predicted molar refractivity (Wildman–Crippen MR) is 82.3 cm³/mol. The average Bonchev–Trinajstić information content (AvgIpc) is 2.43. The van der Waals surface area contributed by atoms with Gasteiger partial charge in [0.15, 0.2) is 9.84 Å². The second-order valence-electron chi connectivity index (χ2n) is 4.77. The van der Waals surface area contributed by atoms with Crippen LogP contribution in [0.3, 0.4) is 0 Å². The number of hydrogen-bond acceptors (Lipinski definition) is 3. The standard InChI is InChI=1S/C15H14BrFO3S/c1-21(19,20)12-7-5-10(6-8-12)14(18)9-11-3-2-4-13(17)15(11)16/h2-8,14,18H,9H2,1H3. The molecular weight excluding hydrogens is 359 g/mol. The van der Waals surface area contributed by atoms with Crippen LogP contribution in [0, 0.1) is 5.82 Å². The van der Waals surface area contributed by atoms with E-state index in [9.17, 15) is 17.9 Å². The lowest BCUT2D eigenvalue weighted by Gasteiger charge is -2.13. The predicted octanol–water partition coefficient (Wildman–Crippen LogP) is 3.27. The molecule has 0 bridgehead atoms. The molecule has 0 aliphatic heterocycles. The number of rotatable bonds is 4. The van der Waals surface area contributed by atoms with Crippen LogP contribution in [0.5, 0.6) is 0 Å². The van der Waals surface area contributed by atoms with Gasteiger partial charge in [0.1, 0.15) is 5.82 Å². The highest BCUT2D eigenvalue weighted by Gasteiger charge is 2.14. The summed E-state index contributed by atoms with van der Waals surface area (Å²) in [7, 11) is -3.26. The Hall–Kier alpha value is -1.24. The largest absolute Gasteiger partial charge is 0.388 e. The quantitative estimate of drug-likeness (QED) is 0.895. The van der Waals surface area contributed by atoms with Gasteiger partial charge in [-0.1, -0.05) is 24.3 Å². The van der Waals surface area contributed by atoms with E-state index in [4.69, 9.17) is 0 Å². The van der Waals surface area contributed by atoms with E-state index in [1.807, 2.05) is 0 Å². The van der Waals surface area contributed by atoms with E-state index < -0.39 is 15.9 Å². The van der Waals surface area contributed by atoms with Gasteiger partial charge in [0, 0.05) is 12.7 Å². The van der Waals surface area contributed by atoms with Crippen molar-refractivity contribution in [2.75, 3.05) is 6.26 Å². The summed E-state index contributed by atoms with van der Waals surface area (Å²) in [6.45, 7) is 0. The van der Waals surface area contributed by atoms with E-state index in [-0.39, 0.29) is 17.1 Å². The molecule has 0 saturated carbocycles. The summed E-state index contributed by atoms with van der Waals surface area (Å²) >= 11 is 3.15. The fraction of sp³-hybridized carbons (Fsp3) is 0.200. The molecule has 2 rings (SSSR count). The van der Waals surface area contributed by atoms with Crippen LogP contribution in [-0.2, 0) is 16.3 Å². The molecular formula is C15H14BrFO3S. The summed E-state index contributed by atoms with van der Waals surface area (Å²) in [6, 6.07) is 10.7. The molecule has 0 aliphatic carbocycles. The summed E-state index contributed by atoms with van der Waals surface area (Å²) in [5.74, 6) is -0.382. The van der Waals surface area contributed by atoms with Crippen molar-refractivity contribution in [1.82, 2.24) is 0 Å². The van der Waals surface area contributed by atoms with Crippen molar-refractivity contribution in [2.24, 2.45) is 0 Å². The number of sulfone groups is 1. The highest BCUT2D eigenvalue weighted by molar-refractivity contribution is 9.10. The normalized spacial score (nSPS) is 13.1. The third-order valence-corrected chi connectivity index (χ3v) is 5.15. The number of hydrogen-bond donors (Lipinski definition) is 1. The molecule has 0 saturated heterocycles. The van der Waals surface area contributed by atoms with Crippen LogP contribution in [0.4, 0.5) is 4.39 Å². The van der Waals surface area contributed by atoms with Gasteiger partial charge in [-0.3, -0.25) is 0 Å². The lowest BCUT2D eigenvalue weighted by Crippen LogP contribution is -2.04. The molecule has 1 atom stereocenters. The average molecular weight is 373 g/mol. The van der Waals surface area contributed by atoms with Gasteiger partial charge >= 0.3 is 0 Å². The van der Waals surface area contributed by atoms with Crippen molar-refractivity contribution in [3.63, 3.8) is 0 Å². The molecule has 0 aromatic heterocycles. The second kappa shape index (κ2) is 6.25. The highest BCUT2D eigenvalue weighted by atomic mass is 79.9. The molecule has 0 fully saturated rings. The second-order valence-corrected chi connectivity index (χ2v) is 7.58. The van der Waals surface area contributed by atoms with E-state index in [1.54, 1.807) is 24.3 Å². The van der Waals surface area contributed by atoms with Crippen molar-refractivity contribution in [3.05, 3.63) is 63.9 Å². The van der Waals surface area contributed by atoms with Crippen molar-refractivity contribution in [1.29, 1.82) is 0 Å². The lowest BCUT2D eigenvalue weighted by atomic mass is 10.0. The molecule has 0 radical (unpaired) electrons. The summed E-state index contributed by atoms with van der Waals surface area (Å²) in [5, 5.41) is 10.2. The molecule has 2 aromatic rings. The minimum atomic E-state index is -3.26. The van der Waals surface area contributed by atoms with Gasteiger partial charge in [-0.25, -0.2) is 12.8 Å². The zero-order chi connectivity index (χ0) is 15.6. The molecule has 3 nitrogen and oxygen atoms in total. The van der Waals surface area contributed by atoms with Crippen molar-refractivity contribution >= 4 is 25.8 Å². The van der Waals surface area contributed by atoms with Gasteiger partial charge in [-0.05, 0) is 45.3 Å². The van der Waals surface area contributed by atoms with Crippen LogP contribution >= 0.6 is 15.9 Å². The fourth-order valence-electron chi connectivity index (χ4n) is 1.97. The molecule has 0 heterocycles. The minimum Gasteiger partial charge on any atom is -0.388 e. The van der Waals surface area contributed by atoms with Crippen LogP contribution in [-0.4, -0.2) is 19.8 Å². The summed E-state index contributed by atoms with van der Waals surface area (Å²) in [6.07, 6.45) is 0.524. The Morgan fingerprint density at radius 1 is 1.19 bits per heavy atom. The Balaban J connectivity index is 2.21. The first-order chi connectivity index (χ1) is 9.79. The van der Waals surface area contributed by atoms with Gasteiger partial charge in [0.2, 0.25) is 0 Å². The Kier molecular flexibility index (Phi) is 4.81. The maximum absolute atomic E-state index is 13.4. The molecule has 112 valence electrons. The van der Waals surface area contributed by atoms with E-state index in [0.717, 1.165) is 6.26 Å². The molecule has 1 unspecified atom stereocenters. The maximum atomic E-state index is 13.4. The Morgan fingerprint density at radius 2 is 1.81 bits per heavy atom. The van der Waals surface area contributed by atoms with E-state index in [0.29, 0.717) is 15.6 Å². The summed E-state index contributed by atoms with van der Waals surface area (Å²) in [4.78, 5) is 0.199. The van der Waals surface area contributed by atoms with Crippen LogP contribution in [0.1, 0.15) is 17.2 Å². The topological polar surface area (TPSA) is 54.4 Å². The third-order valence-electron chi connectivity index (χ3n) is 3.14. The van der Waals surface area contributed by atoms with E-state index in [2.05, 4.69) is 15.9 Å². The molecule has 0 amide bonds. The molecule has 21 heavy (non-hydrogen) atoms. The first-order valence-electron chi connectivity index (χ1n) is 6.20. The Morgan fingerprint density at radius 3 is 2.38 bits per heavy atom. The zero-order valence-electron chi connectivity index (χ0n) is 11.3. The number of halogens is 2.